The van der Waals surface area contributed by atoms with Crippen LogP contribution in [-0.4, -0.2) is 36.1 Å². The molecule has 38 heavy (non-hydrogen) atoms. The molecule has 4 rings (SSSR count). The van der Waals surface area contributed by atoms with Crippen molar-refractivity contribution in [1.82, 2.24) is 10.6 Å². The molecule has 2 aromatic carbocycles. The summed E-state index contributed by atoms with van der Waals surface area (Å²) in [7, 11) is 0. The Balaban J connectivity index is 1.60. The molecular formula is C30H36N2O6. The monoisotopic (exact) mass is 520 g/mol. The first-order chi connectivity index (χ1) is 17.9. The predicted molar refractivity (Wildman–Crippen MR) is 146 cm³/mol. The van der Waals surface area contributed by atoms with Gasteiger partial charge in [0.1, 0.15) is 28.7 Å². The number of ether oxygens (including phenoxy) is 2. The number of carbonyl (C=O) groups is 2. The van der Waals surface area contributed by atoms with Crippen LogP contribution in [0.5, 0.6) is 11.5 Å². The van der Waals surface area contributed by atoms with Gasteiger partial charge in [-0.1, -0.05) is 30.3 Å². The minimum Gasteiger partial charge on any atom is -0.487 e. The second kappa shape index (κ2) is 10.9. The van der Waals surface area contributed by atoms with Gasteiger partial charge in [0, 0.05) is 29.7 Å². The maximum Gasteiger partial charge on any atom is 0.339 e. The molecule has 202 valence electrons. The molecule has 0 radical (unpaired) electrons. The van der Waals surface area contributed by atoms with Gasteiger partial charge >= 0.3 is 5.63 Å². The summed E-state index contributed by atoms with van der Waals surface area (Å²) in [6.07, 6.45) is 1.81. The minimum absolute atomic E-state index is 0.0686. The van der Waals surface area contributed by atoms with Crippen molar-refractivity contribution in [3.8, 4) is 11.5 Å². The Hall–Kier alpha value is -3.81. The number of carbonyl (C=O) groups excluding carboxylic acids is 2. The summed E-state index contributed by atoms with van der Waals surface area (Å²) < 4.78 is 17.9. The van der Waals surface area contributed by atoms with Crippen LogP contribution < -0.4 is 25.7 Å². The molecule has 1 aromatic heterocycles. The third kappa shape index (κ3) is 6.01. The average Bonchev–Trinajstić information content (AvgIpc) is 2.84. The summed E-state index contributed by atoms with van der Waals surface area (Å²) in [6, 6.07) is 10.5. The maximum absolute atomic E-state index is 13.0. The number of aryl methyl sites for hydroxylation is 2. The average molecular weight is 521 g/mol. The molecule has 2 N–H and O–H groups in total. The van der Waals surface area contributed by atoms with Crippen LogP contribution in [0.4, 0.5) is 0 Å². The first-order valence-corrected chi connectivity index (χ1v) is 13.0. The van der Waals surface area contributed by atoms with E-state index in [4.69, 9.17) is 13.9 Å². The van der Waals surface area contributed by atoms with Crippen molar-refractivity contribution >= 4 is 22.8 Å². The van der Waals surface area contributed by atoms with Crippen LogP contribution in [0.25, 0.3) is 11.0 Å². The molecule has 2 amide bonds. The van der Waals surface area contributed by atoms with Gasteiger partial charge in [0.25, 0.3) is 5.91 Å². The molecule has 0 bridgehead atoms. The van der Waals surface area contributed by atoms with Crippen molar-refractivity contribution in [3.63, 3.8) is 0 Å². The van der Waals surface area contributed by atoms with Crippen molar-refractivity contribution < 1.29 is 23.5 Å². The molecule has 0 spiro atoms. The smallest absolute Gasteiger partial charge is 0.339 e. The highest BCUT2D eigenvalue weighted by Gasteiger charge is 2.31. The van der Waals surface area contributed by atoms with E-state index in [0.29, 0.717) is 40.9 Å². The van der Waals surface area contributed by atoms with Crippen molar-refractivity contribution in [2.45, 2.75) is 78.5 Å². The molecule has 0 unspecified atom stereocenters. The molecule has 3 aromatic rings. The molecule has 0 fully saturated rings. The molecule has 1 aliphatic heterocycles. The fraction of sp³-hybridized carbons (Fsp3) is 0.433. The molecular weight excluding hydrogens is 484 g/mol. The molecule has 8 heteroatoms. The largest absolute Gasteiger partial charge is 0.487 e. The Bertz CT molecular complexity index is 1410. The summed E-state index contributed by atoms with van der Waals surface area (Å²) in [6.45, 7) is 11.0. The van der Waals surface area contributed by atoms with E-state index in [1.807, 2.05) is 65.0 Å². The quantitative estimate of drug-likeness (QED) is 0.433. The zero-order valence-electron chi connectivity index (χ0n) is 22.9. The van der Waals surface area contributed by atoms with Crippen molar-refractivity contribution in [2.75, 3.05) is 6.61 Å². The fourth-order valence-corrected chi connectivity index (χ4v) is 4.67. The van der Waals surface area contributed by atoms with Crippen LogP contribution in [0.1, 0.15) is 56.4 Å². The van der Waals surface area contributed by atoms with Crippen LogP contribution >= 0.6 is 0 Å². The molecule has 2 heterocycles. The van der Waals surface area contributed by atoms with Gasteiger partial charge in [0.05, 0.1) is 5.39 Å². The summed E-state index contributed by atoms with van der Waals surface area (Å²) in [5.74, 6) is 0.264. The Labute approximate surface area is 222 Å². The van der Waals surface area contributed by atoms with Crippen LogP contribution in [0, 0.1) is 13.8 Å². The van der Waals surface area contributed by atoms with Crippen molar-refractivity contribution in [3.05, 3.63) is 69.1 Å². The van der Waals surface area contributed by atoms with E-state index in [-0.39, 0.29) is 24.2 Å². The van der Waals surface area contributed by atoms with Gasteiger partial charge in [-0.05, 0) is 65.5 Å². The van der Waals surface area contributed by atoms with E-state index in [1.54, 1.807) is 13.0 Å². The van der Waals surface area contributed by atoms with E-state index < -0.39 is 17.6 Å². The Morgan fingerprint density at radius 3 is 2.47 bits per heavy atom. The first kappa shape index (κ1) is 27.2. The Morgan fingerprint density at radius 1 is 1.08 bits per heavy atom. The van der Waals surface area contributed by atoms with E-state index in [2.05, 4.69) is 10.6 Å². The van der Waals surface area contributed by atoms with Crippen LogP contribution in [0.2, 0.25) is 0 Å². The number of hydrogen-bond acceptors (Lipinski definition) is 6. The van der Waals surface area contributed by atoms with Crippen LogP contribution in [0.3, 0.4) is 0 Å². The first-order valence-electron chi connectivity index (χ1n) is 13.0. The molecule has 0 saturated carbocycles. The van der Waals surface area contributed by atoms with Gasteiger partial charge in [-0.15, -0.1) is 0 Å². The Morgan fingerprint density at radius 2 is 1.79 bits per heavy atom. The van der Waals surface area contributed by atoms with Gasteiger partial charge in [0.2, 0.25) is 5.91 Å². The third-order valence-electron chi connectivity index (χ3n) is 6.83. The van der Waals surface area contributed by atoms with Crippen molar-refractivity contribution in [2.24, 2.45) is 0 Å². The number of fused-ring (bicyclic) bond motifs is 3. The number of benzene rings is 2. The third-order valence-corrected chi connectivity index (χ3v) is 6.83. The standard InChI is InChI=1S/C30H36N2O6/c1-17(2)31-28(34)22(14-20-10-8-7-9-11-20)32-25(33)16-36-24-15-23-21(12-13-30(5,6)38-23)27-26(24)18(3)19(4)29(35)37-27/h7-11,15,17,22H,12-14,16H2,1-6H3,(H,31,34)(H,32,33)/t22-/m1/s1. The zero-order chi connectivity index (χ0) is 27.6. The SMILES string of the molecule is Cc1c(C)c2c(OCC(=O)N[C@H](Cc3ccccc3)C(=O)NC(C)C)cc3c(c2oc1=O)CCC(C)(C)O3. The molecule has 1 atom stereocenters. The number of rotatable bonds is 8. The van der Waals surface area contributed by atoms with Gasteiger partial charge in [0.15, 0.2) is 6.61 Å². The Kier molecular flexibility index (Phi) is 7.81. The lowest BCUT2D eigenvalue weighted by molar-refractivity contribution is -0.130. The van der Waals surface area contributed by atoms with E-state index in [1.165, 1.54) is 0 Å². The molecule has 0 aliphatic carbocycles. The highest BCUT2D eigenvalue weighted by Crippen LogP contribution is 2.43. The minimum atomic E-state index is -0.762. The van der Waals surface area contributed by atoms with Gasteiger partial charge in [-0.2, -0.15) is 0 Å². The second-order valence-electron chi connectivity index (χ2n) is 10.8. The summed E-state index contributed by atoms with van der Waals surface area (Å²) in [5, 5.41) is 6.34. The normalized spacial score (nSPS) is 14.9. The number of hydrogen-bond donors (Lipinski definition) is 2. The van der Waals surface area contributed by atoms with E-state index >= 15 is 0 Å². The maximum atomic E-state index is 13.0. The van der Waals surface area contributed by atoms with Gasteiger partial charge in [-0.25, -0.2) is 4.79 Å². The summed E-state index contributed by atoms with van der Waals surface area (Å²) >= 11 is 0. The summed E-state index contributed by atoms with van der Waals surface area (Å²) in [5.41, 5.74) is 2.61. The van der Waals surface area contributed by atoms with Crippen LogP contribution in [-0.2, 0) is 22.4 Å². The second-order valence-corrected chi connectivity index (χ2v) is 10.8. The lowest BCUT2D eigenvalue weighted by Gasteiger charge is -2.33. The molecule has 0 saturated heterocycles. The van der Waals surface area contributed by atoms with E-state index in [0.717, 1.165) is 23.1 Å². The van der Waals surface area contributed by atoms with Gasteiger partial charge in [-0.3, -0.25) is 9.59 Å². The lowest BCUT2D eigenvalue weighted by atomic mass is 9.92. The van der Waals surface area contributed by atoms with Gasteiger partial charge < -0.3 is 24.5 Å². The van der Waals surface area contributed by atoms with Crippen LogP contribution in [0.15, 0.2) is 45.6 Å². The number of amides is 2. The number of nitrogens with one attached hydrogen (secondary N) is 2. The topological polar surface area (TPSA) is 107 Å². The molecule has 1 aliphatic rings. The highest BCUT2D eigenvalue weighted by molar-refractivity contribution is 5.93. The predicted octanol–water partition coefficient (Wildman–Crippen LogP) is 4.14. The van der Waals surface area contributed by atoms with E-state index in [9.17, 15) is 14.4 Å². The summed E-state index contributed by atoms with van der Waals surface area (Å²) in [4.78, 5) is 38.4. The molecule has 8 nitrogen and oxygen atoms in total. The lowest BCUT2D eigenvalue weighted by Crippen LogP contribution is -2.50. The zero-order valence-corrected chi connectivity index (χ0v) is 22.9. The highest BCUT2D eigenvalue weighted by atomic mass is 16.5. The van der Waals surface area contributed by atoms with Crippen molar-refractivity contribution in [1.29, 1.82) is 0 Å². The fourth-order valence-electron chi connectivity index (χ4n) is 4.67.